The maximum Gasteiger partial charge on any atom is 0.334 e. The summed E-state index contributed by atoms with van der Waals surface area (Å²) in [6, 6.07) is -5.27. The summed E-state index contributed by atoms with van der Waals surface area (Å²) in [5.41, 5.74) is 5.54. The van der Waals surface area contributed by atoms with Crippen molar-refractivity contribution in [3.63, 3.8) is 0 Å². The summed E-state index contributed by atoms with van der Waals surface area (Å²) in [5, 5.41) is 12.3. The summed E-state index contributed by atoms with van der Waals surface area (Å²) in [6.45, 7) is 20.4. The van der Waals surface area contributed by atoms with Crippen LogP contribution in [-0.4, -0.2) is 146 Å². The number of carbonyl (C=O) groups excluding carboxylic acids is 7. The minimum absolute atomic E-state index is 0.0517. The van der Waals surface area contributed by atoms with Gasteiger partial charge >= 0.3 is 18.1 Å². The molecule has 53 heavy (non-hydrogen) atoms. The van der Waals surface area contributed by atoms with Gasteiger partial charge < -0.3 is 30.0 Å². The van der Waals surface area contributed by atoms with E-state index < -0.39 is 86.8 Å². The molecular formula is C36H69N7O9Si. The van der Waals surface area contributed by atoms with Crippen molar-refractivity contribution in [2.75, 3.05) is 41.8 Å². The van der Waals surface area contributed by atoms with Crippen molar-refractivity contribution >= 4 is 50.0 Å². The smallest absolute Gasteiger partial charge is 0.334 e. The number of primary amides is 1. The predicted molar refractivity (Wildman–Crippen MR) is 206 cm³/mol. The number of urea groups is 3. The Morgan fingerprint density at radius 3 is 1.74 bits per heavy atom. The average Bonchev–Trinajstić information content (AvgIpc) is 3.02. The summed E-state index contributed by atoms with van der Waals surface area (Å²) in [6.07, 6.45) is -0.779. The number of nitrogens with zero attached hydrogens (tertiary/aromatic N) is 5. The highest BCUT2D eigenvalue weighted by atomic mass is 28.4. The summed E-state index contributed by atoms with van der Waals surface area (Å²) >= 11 is 0. The zero-order valence-corrected chi connectivity index (χ0v) is 36.1. The van der Waals surface area contributed by atoms with Crippen molar-refractivity contribution in [1.29, 1.82) is 0 Å². The van der Waals surface area contributed by atoms with Crippen molar-refractivity contribution in [3.05, 3.63) is 0 Å². The molecule has 4 N–H and O–H groups in total. The Labute approximate surface area is 318 Å². The molecule has 17 heteroatoms. The van der Waals surface area contributed by atoms with Crippen LogP contribution in [0, 0.1) is 17.8 Å². The third kappa shape index (κ3) is 15.0. The maximum atomic E-state index is 14.3. The number of carbonyl (C=O) groups is 7. The fourth-order valence-corrected chi connectivity index (χ4v) is 6.72. The van der Waals surface area contributed by atoms with Crippen LogP contribution in [0.5, 0.6) is 0 Å². The third-order valence-electron chi connectivity index (χ3n) is 9.81. The summed E-state index contributed by atoms with van der Waals surface area (Å²) in [7, 11) is 3.73. The van der Waals surface area contributed by atoms with Gasteiger partial charge in [0.25, 0.3) is 5.91 Å². The number of nitrogens with two attached hydrogens (primary N) is 1. The van der Waals surface area contributed by atoms with Crippen LogP contribution in [-0.2, 0) is 23.6 Å². The van der Waals surface area contributed by atoms with Gasteiger partial charge in [0.05, 0.1) is 12.2 Å². The Bertz CT molecular complexity index is 1300. The van der Waals surface area contributed by atoms with E-state index in [1.54, 1.807) is 13.8 Å². The van der Waals surface area contributed by atoms with Gasteiger partial charge in [-0.2, -0.15) is 0 Å². The molecule has 0 aliphatic carbocycles. The van der Waals surface area contributed by atoms with Crippen LogP contribution >= 0.6 is 0 Å². The zero-order valence-electron chi connectivity index (χ0n) is 35.1. The van der Waals surface area contributed by atoms with E-state index in [0.29, 0.717) is 17.7 Å². The van der Waals surface area contributed by atoms with Gasteiger partial charge in [0.1, 0.15) is 18.6 Å². The van der Waals surface area contributed by atoms with Gasteiger partial charge in [0, 0.05) is 41.7 Å². The number of hydrogen-bond donors (Lipinski definition) is 3. The largest absolute Gasteiger partial charge is 0.411 e. The first-order valence-electron chi connectivity index (χ1n) is 18.3. The first-order chi connectivity index (χ1) is 24.0. The SMILES string of the molecule is CC(C)CCC(=O)N(C)C(=O)N(C)C(=O)N(C)[C@H](C(=O)NC(=O)N(C)CC(=O)N(C)[C@@H](CC(C)C)C(N)=O)[C@H](O[Si](C)(C)C(C)(C)C)[C@H](C)CC(C)O. The number of aliphatic hydroxyl groups excluding tert-OH is 1. The highest BCUT2D eigenvalue weighted by Gasteiger charge is 2.47. The minimum Gasteiger partial charge on any atom is -0.411 e. The lowest BCUT2D eigenvalue weighted by atomic mass is 9.91. The Hall–Kier alpha value is -3.57. The second kappa shape index (κ2) is 20.8. The summed E-state index contributed by atoms with van der Waals surface area (Å²) < 4.78 is 6.79. The molecule has 0 aromatic carbocycles. The topological polar surface area (TPSA) is 203 Å². The standard InChI is InChI=1S/C36H69N7O9Si/c1-22(2)17-18-27(45)41(12)34(50)43(14)35(51)42(13)29(30(24(5)20-25(6)44)52-53(15,16)36(7,8)9)32(48)38-33(49)39(10)21-28(46)40(11)26(31(37)47)19-23(3)4/h22-26,29-30,44H,17-21H2,1-16H3,(H2,37,47)(H,38,48,49)/t24-,25?,26+,29+,30-/m1/s1. The van der Waals surface area contributed by atoms with Crippen LogP contribution in [0.3, 0.4) is 0 Å². The average molecular weight is 772 g/mol. The minimum atomic E-state index is -2.72. The lowest BCUT2D eigenvalue weighted by molar-refractivity contribution is -0.138. The van der Waals surface area contributed by atoms with Crippen molar-refractivity contribution in [1.82, 2.24) is 29.8 Å². The number of imide groups is 3. The molecule has 16 nitrogen and oxygen atoms in total. The van der Waals surface area contributed by atoms with E-state index >= 15 is 0 Å². The van der Waals surface area contributed by atoms with Gasteiger partial charge in [-0.05, 0) is 62.1 Å². The molecule has 10 amide bonds. The molecule has 0 rings (SSSR count). The van der Waals surface area contributed by atoms with Crippen LogP contribution in [0.1, 0.15) is 88.0 Å². The number of aliphatic hydroxyl groups is 1. The highest BCUT2D eigenvalue weighted by molar-refractivity contribution is 6.74. The monoisotopic (exact) mass is 771 g/mol. The maximum absolute atomic E-state index is 14.3. The van der Waals surface area contributed by atoms with Crippen LogP contribution < -0.4 is 11.1 Å². The molecule has 0 aromatic heterocycles. The van der Waals surface area contributed by atoms with Gasteiger partial charge in [0.15, 0.2) is 8.32 Å². The number of hydrogen-bond acceptors (Lipinski definition) is 9. The molecule has 0 heterocycles. The van der Waals surface area contributed by atoms with E-state index in [9.17, 15) is 38.7 Å². The summed E-state index contributed by atoms with van der Waals surface area (Å²) in [5.74, 6) is -3.02. The van der Waals surface area contributed by atoms with Gasteiger partial charge in [-0.15, -0.1) is 0 Å². The first-order valence-corrected chi connectivity index (χ1v) is 21.2. The van der Waals surface area contributed by atoms with Gasteiger partial charge in [0.2, 0.25) is 17.7 Å². The fourth-order valence-electron chi connectivity index (χ4n) is 5.32. The molecule has 0 fully saturated rings. The molecule has 1 unspecified atom stereocenters. The van der Waals surface area contributed by atoms with Gasteiger partial charge in [-0.1, -0.05) is 55.4 Å². The quantitative estimate of drug-likeness (QED) is 0.184. The predicted octanol–water partition coefficient (Wildman–Crippen LogP) is 3.68. The number of likely N-dealkylation sites (N-methyl/N-ethyl adjacent to an activating group) is 3. The molecule has 0 bridgehead atoms. The fraction of sp³-hybridized carbons (Fsp3) is 0.806. The van der Waals surface area contributed by atoms with Crippen molar-refractivity contribution < 1.29 is 43.1 Å². The Morgan fingerprint density at radius 2 is 1.30 bits per heavy atom. The molecule has 0 aliphatic rings. The van der Waals surface area contributed by atoms with Crippen LogP contribution in [0.15, 0.2) is 0 Å². The second-order valence-electron chi connectivity index (χ2n) is 16.7. The lowest BCUT2D eigenvalue weighted by Gasteiger charge is -2.45. The molecule has 306 valence electrons. The molecule has 0 saturated heterocycles. The normalized spacial score (nSPS) is 14.8. The highest BCUT2D eigenvalue weighted by Crippen LogP contribution is 2.39. The third-order valence-corrected chi connectivity index (χ3v) is 14.3. The van der Waals surface area contributed by atoms with Crippen LogP contribution in [0.4, 0.5) is 14.4 Å². The Morgan fingerprint density at radius 1 is 0.774 bits per heavy atom. The summed E-state index contributed by atoms with van der Waals surface area (Å²) in [4.78, 5) is 97.8. The van der Waals surface area contributed by atoms with Crippen molar-refractivity contribution in [2.45, 2.75) is 130 Å². The Balaban J connectivity index is 6.83. The van der Waals surface area contributed by atoms with Crippen LogP contribution in [0.25, 0.3) is 0 Å². The van der Waals surface area contributed by atoms with Gasteiger partial charge in [-0.25, -0.2) is 19.3 Å². The van der Waals surface area contributed by atoms with Gasteiger partial charge in [-0.3, -0.25) is 29.4 Å². The van der Waals surface area contributed by atoms with E-state index in [1.807, 2.05) is 61.6 Å². The molecule has 0 aromatic rings. The Kier molecular flexibility index (Phi) is 19.4. The van der Waals surface area contributed by atoms with E-state index in [0.717, 1.165) is 14.7 Å². The van der Waals surface area contributed by atoms with Crippen LogP contribution in [0.2, 0.25) is 18.1 Å². The number of rotatable bonds is 17. The second-order valence-corrected chi connectivity index (χ2v) is 21.4. The van der Waals surface area contributed by atoms with Crippen molar-refractivity contribution in [2.24, 2.45) is 23.5 Å². The van der Waals surface area contributed by atoms with E-state index in [4.69, 9.17) is 10.2 Å². The molecule has 0 aliphatic heterocycles. The number of amides is 10. The molecule has 0 saturated carbocycles. The van der Waals surface area contributed by atoms with E-state index in [2.05, 4.69) is 5.32 Å². The lowest BCUT2D eigenvalue weighted by Crippen LogP contribution is -2.63. The van der Waals surface area contributed by atoms with E-state index in [1.165, 1.54) is 40.1 Å². The first kappa shape index (κ1) is 49.4. The van der Waals surface area contributed by atoms with E-state index in [-0.39, 0.29) is 29.7 Å². The molecule has 0 radical (unpaired) electrons. The molecule has 0 spiro atoms. The number of nitrogens with one attached hydrogen (secondary N) is 1. The van der Waals surface area contributed by atoms with Crippen molar-refractivity contribution in [3.8, 4) is 0 Å². The molecular weight excluding hydrogens is 703 g/mol. The molecule has 5 atom stereocenters. The zero-order chi connectivity index (χ0) is 41.9.